The van der Waals surface area contributed by atoms with Crippen LogP contribution in [0.4, 0.5) is 4.39 Å². The minimum absolute atomic E-state index is 0.0441. The van der Waals surface area contributed by atoms with E-state index in [-0.39, 0.29) is 18.3 Å². The fraction of sp³-hybridized carbons (Fsp3) is 0.400. The van der Waals surface area contributed by atoms with Gasteiger partial charge in [0.1, 0.15) is 12.4 Å². The quantitative estimate of drug-likeness (QED) is 0.773. The maximum Gasteiger partial charge on any atom is 0.221 e. The van der Waals surface area contributed by atoms with Gasteiger partial charge in [-0.3, -0.25) is 9.69 Å². The molecule has 0 atom stereocenters. The summed E-state index contributed by atoms with van der Waals surface area (Å²) in [6.07, 6.45) is 0.446. The number of carbonyl (C=O) groups is 1. The van der Waals surface area contributed by atoms with E-state index in [0.717, 1.165) is 6.54 Å². The fourth-order valence-electron chi connectivity index (χ4n) is 2.11. The molecule has 1 aromatic rings. The first-order valence-electron chi connectivity index (χ1n) is 6.56. The van der Waals surface area contributed by atoms with Crippen molar-refractivity contribution in [1.29, 1.82) is 0 Å². The summed E-state index contributed by atoms with van der Waals surface area (Å²) >= 11 is 0. The zero-order valence-electron chi connectivity index (χ0n) is 11.2. The second-order valence-electron chi connectivity index (χ2n) is 4.64. The largest absolute Gasteiger partial charge is 0.384 e. The van der Waals surface area contributed by atoms with Crippen LogP contribution >= 0.6 is 0 Å². The van der Waals surface area contributed by atoms with Gasteiger partial charge in [0.2, 0.25) is 5.91 Å². The number of aliphatic hydroxyl groups is 1. The SMILES string of the molecule is O=C1CCN(Cc2ccc(C#CCO)cc2F)CCN1. The summed E-state index contributed by atoms with van der Waals surface area (Å²) in [6, 6.07) is 4.82. The monoisotopic (exact) mass is 276 g/mol. The van der Waals surface area contributed by atoms with Gasteiger partial charge < -0.3 is 10.4 Å². The van der Waals surface area contributed by atoms with Crippen molar-refractivity contribution < 1.29 is 14.3 Å². The molecule has 1 aromatic carbocycles. The van der Waals surface area contributed by atoms with E-state index in [1.807, 2.05) is 0 Å². The number of rotatable bonds is 2. The van der Waals surface area contributed by atoms with Crippen LogP contribution in [0.5, 0.6) is 0 Å². The first-order chi connectivity index (χ1) is 9.69. The summed E-state index contributed by atoms with van der Waals surface area (Å²) in [5, 5.41) is 11.4. The van der Waals surface area contributed by atoms with Crippen molar-refractivity contribution in [1.82, 2.24) is 10.2 Å². The maximum absolute atomic E-state index is 14.0. The molecule has 1 aliphatic rings. The highest BCUT2D eigenvalue weighted by molar-refractivity contribution is 5.76. The molecule has 0 radical (unpaired) electrons. The van der Waals surface area contributed by atoms with E-state index in [1.54, 1.807) is 12.1 Å². The average molecular weight is 276 g/mol. The van der Waals surface area contributed by atoms with Crippen molar-refractivity contribution in [2.75, 3.05) is 26.2 Å². The van der Waals surface area contributed by atoms with Crippen LogP contribution in [0.25, 0.3) is 0 Å². The van der Waals surface area contributed by atoms with Crippen molar-refractivity contribution in [3.63, 3.8) is 0 Å². The van der Waals surface area contributed by atoms with Gasteiger partial charge in [0.25, 0.3) is 0 Å². The topological polar surface area (TPSA) is 52.6 Å². The molecule has 1 amide bonds. The smallest absolute Gasteiger partial charge is 0.221 e. The second kappa shape index (κ2) is 7.04. The molecule has 4 nitrogen and oxygen atoms in total. The first kappa shape index (κ1) is 14.5. The molecule has 20 heavy (non-hydrogen) atoms. The molecule has 106 valence electrons. The van der Waals surface area contributed by atoms with E-state index in [1.165, 1.54) is 6.07 Å². The lowest BCUT2D eigenvalue weighted by atomic mass is 10.1. The summed E-state index contributed by atoms with van der Waals surface area (Å²) < 4.78 is 14.0. The van der Waals surface area contributed by atoms with E-state index in [2.05, 4.69) is 22.1 Å². The van der Waals surface area contributed by atoms with E-state index >= 15 is 0 Å². The summed E-state index contributed by atoms with van der Waals surface area (Å²) in [5.41, 5.74) is 1.14. The van der Waals surface area contributed by atoms with Crippen LogP contribution in [-0.4, -0.2) is 42.2 Å². The standard InChI is InChI=1S/C15H17FN2O2/c16-14-10-12(2-1-9-19)3-4-13(14)11-18-7-5-15(20)17-6-8-18/h3-4,10,19H,5-9,11H2,(H,17,20). The number of nitrogens with zero attached hydrogens (tertiary/aromatic N) is 1. The van der Waals surface area contributed by atoms with Gasteiger partial charge in [-0.2, -0.15) is 0 Å². The molecule has 1 saturated heterocycles. The molecule has 1 fully saturated rings. The Morgan fingerprint density at radius 2 is 2.25 bits per heavy atom. The van der Waals surface area contributed by atoms with Gasteiger partial charge in [0, 0.05) is 43.7 Å². The molecule has 0 spiro atoms. The van der Waals surface area contributed by atoms with Gasteiger partial charge in [-0.15, -0.1) is 0 Å². The van der Waals surface area contributed by atoms with Crippen LogP contribution in [0.2, 0.25) is 0 Å². The Bertz CT molecular complexity index is 549. The number of nitrogens with one attached hydrogen (secondary N) is 1. The molecule has 0 bridgehead atoms. The highest BCUT2D eigenvalue weighted by Gasteiger charge is 2.15. The maximum atomic E-state index is 14.0. The molecule has 5 heteroatoms. The van der Waals surface area contributed by atoms with Gasteiger partial charge in [0.15, 0.2) is 0 Å². The molecule has 0 unspecified atom stereocenters. The Balaban J connectivity index is 2.04. The summed E-state index contributed by atoms with van der Waals surface area (Å²) in [4.78, 5) is 13.3. The van der Waals surface area contributed by atoms with Gasteiger partial charge in [-0.25, -0.2) is 4.39 Å². The molecular weight excluding hydrogens is 259 g/mol. The first-order valence-corrected chi connectivity index (χ1v) is 6.56. The summed E-state index contributed by atoms with van der Waals surface area (Å²) in [7, 11) is 0. The molecule has 2 N–H and O–H groups in total. The Labute approximate surface area is 117 Å². The van der Waals surface area contributed by atoms with Crippen LogP contribution in [-0.2, 0) is 11.3 Å². The van der Waals surface area contributed by atoms with Gasteiger partial charge in [0.05, 0.1) is 0 Å². The minimum Gasteiger partial charge on any atom is -0.384 e. The van der Waals surface area contributed by atoms with Crippen molar-refractivity contribution in [2.45, 2.75) is 13.0 Å². The average Bonchev–Trinajstić information content (AvgIpc) is 2.64. The van der Waals surface area contributed by atoms with E-state index in [0.29, 0.717) is 37.2 Å². The van der Waals surface area contributed by atoms with Crippen LogP contribution in [0.15, 0.2) is 18.2 Å². The van der Waals surface area contributed by atoms with Crippen LogP contribution < -0.4 is 5.32 Å². The third kappa shape index (κ3) is 4.05. The third-order valence-electron chi connectivity index (χ3n) is 3.16. The third-order valence-corrected chi connectivity index (χ3v) is 3.16. The lowest BCUT2D eigenvalue weighted by Gasteiger charge is -2.19. The lowest BCUT2D eigenvalue weighted by Crippen LogP contribution is -2.28. The lowest BCUT2D eigenvalue weighted by molar-refractivity contribution is -0.120. The zero-order valence-corrected chi connectivity index (χ0v) is 11.2. The van der Waals surface area contributed by atoms with Crippen LogP contribution in [0, 0.1) is 17.7 Å². The number of hydrogen-bond donors (Lipinski definition) is 2. The van der Waals surface area contributed by atoms with Crippen LogP contribution in [0.1, 0.15) is 17.5 Å². The predicted octanol–water partition coefficient (Wildman–Crippen LogP) is 0.491. The Morgan fingerprint density at radius 1 is 1.40 bits per heavy atom. The number of amides is 1. The van der Waals surface area contributed by atoms with Gasteiger partial charge >= 0.3 is 0 Å². The van der Waals surface area contributed by atoms with Gasteiger partial charge in [-0.1, -0.05) is 17.9 Å². The van der Waals surface area contributed by atoms with Crippen LogP contribution in [0.3, 0.4) is 0 Å². The van der Waals surface area contributed by atoms with Crippen molar-refractivity contribution >= 4 is 5.91 Å². The molecule has 1 aliphatic heterocycles. The normalized spacial score (nSPS) is 16.0. The predicted molar refractivity (Wildman–Crippen MR) is 73.3 cm³/mol. The number of aliphatic hydroxyl groups excluding tert-OH is 1. The fourth-order valence-corrected chi connectivity index (χ4v) is 2.11. The van der Waals surface area contributed by atoms with Crippen molar-refractivity contribution in [2.24, 2.45) is 0 Å². The summed E-state index contributed by atoms with van der Waals surface area (Å²) in [6.45, 7) is 2.20. The molecule has 0 aliphatic carbocycles. The van der Waals surface area contributed by atoms with Crippen molar-refractivity contribution in [3.8, 4) is 11.8 Å². The number of benzene rings is 1. The molecular formula is C15H17FN2O2. The molecule has 0 saturated carbocycles. The number of carbonyl (C=O) groups excluding carboxylic acids is 1. The second-order valence-corrected chi connectivity index (χ2v) is 4.64. The van der Waals surface area contributed by atoms with E-state index in [4.69, 9.17) is 5.11 Å². The molecule has 1 heterocycles. The number of halogens is 1. The Morgan fingerprint density at radius 3 is 3.00 bits per heavy atom. The Hall–Kier alpha value is -1.90. The zero-order chi connectivity index (χ0) is 14.4. The highest BCUT2D eigenvalue weighted by atomic mass is 19.1. The Kier molecular flexibility index (Phi) is 5.10. The highest BCUT2D eigenvalue weighted by Crippen LogP contribution is 2.13. The van der Waals surface area contributed by atoms with E-state index < -0.39 is 0 Å². The van der Waals surface area contributed by atoms with Crippen molar-refractivity contribution in [3.05, 3.63) is 35.1 Å². The van der Waals surface area contributed by atoms with Gasteiger partial charge in [-0.05, 0) is 12.1 Å². The number of hydrogen-bond acceptors (Lipinski definition) is 3. The molecule has 2 rings (SSSR count). The summed E-state index contributed by atoms with van der Waals surface area (Å²) in [5.74, 6) is 4.90. The molecule has 0 aromatic heterocycles. The van der Waals surface area contributed by atoms with E-state index in [9.17, 15) is 9.18 Å². The minimum atomic E-state index is -0.307.